The minimum Gasteiger partial charge on any atom is -0.370 e. The van der Waals surface area contributed by atoms with Gasteiger partial charge in [0, 0.05) is 18.3 Å². The fourth-order valence-corrected chi connectivity index (χ4v) is 2.77. The third-order valence-corrected chi connectivity index (χ3v) is 4.37. The second-order valence-electron chi connectivity index (χ2n) is 6.17. The lowest BCUT2D eigenvalue weighted by molar-refractivity contribution is 0.303. The van der Waals surface area contributed by atoms with E-state index < -0.39 is 0 Å². The second-order valence-corrected chi connectivity index (χ2v) is 6.17. The summed E-state index contributed by atoms with van der Waals surface area (Å²) in [7, 11) is 0. The van der Waals surface area contributed by atoms with E-state index in [0.717, 1.165) is 44.0 Å². The SMILES string of the molecule is CCN(CC)CCCNc1ccc(-c2nc(-c3cccc(F)c3)no2)cn1. The lowest BCUT2D eigenvalue weighted by Gasteiger charge is -2.17. The molecule has 0 bridgehead atoms. The number of aromatic nitrogens is 3. The highest BCUT2D eigenvalue weighted by molar-refractivity contribution is 5.60. The fraction of sp³-hybridized carbons (Fsp3) is 0.350. The van der Waals surface area contributed by atoms with Crippen LogP contribution in [0.1, 0.15) is 20.3 Å². The first-order valence-corrected chi connectivity index (χ1v) is 9.22. The molecule has 2 heterocycles. The lowest BCUT2D eigenvalue weighted by Crippen LogP contribution is -2.25. The number of nitrogens with zero attached hydrogens (tertiary/aromatic N) is 4. The van der Waals surface area contributed by atoms with Crippen molar-refractivity contribution in [2.24, 2.45) is 0 Å². The minimum absolute atomic E-state index is 0.336. The van der Waals surface area contributed by atoms with Crippen LogP contribution in [0, 0.1) is 5.82 Å². The maximum Gasteiger partial charge on any atom is 0.259 e. The topological polar surface area (TPSA) is 67.1 Å². The number of benzene rings is 1. The van der Waals surface area contributed by atoms with Crippen LogP contribution in [0.15, 0.2) is 47.1 Å². The number of anilines is 1. The van der Waals surface area contributed by atoms with Crippen LogP contribution in [0.2, 0.25) is 0 Å². The lowest BCUT2D eigenvalue weighted by atomic mass is 10.2. The summed E-state index contributed by atoms with van der Waals surface area (Å²) >= 11 is 0. The first-order valence-electron chi connectivity index (χ1n) is 9.22. The van der Waals surface area contributed by atoms with Crippen LogP contribution in [-0.2, 0) is 0 Å². The number of rotatable bonds is 9. The Morgan fingerprint density at radius 3 is 2.67 bits per heavy atom. The van der Waals surface area contributed by atoms with Gasteiger partial charge in [0.15, 0.2) is 0 Å². The van der Waals surface area contributed by atoms with Crippen molar-refractivity contribution in [1.29, 1.82) is 0 Å². The monoisotopic (exact) mass is 369 g/mol. The van der Waals surface area contributed by atoms with Crippen molar-refractivity contribution in [3.8, 4) is 22.8 Å². The van der Waals surface area contributed by atoms with Crippen molar-refractivity contribution in [3.05, 3.63) is 48.4 Å². The third kappa shape index (κ3) is 5.10. The molecule has 0 radical (unpaired) electrons. The predicted molar refractivity (Wildman–Crippen MR) is 104 cm³/mol. The van der Waals surface area contributed by atoms with Gasteiger partial charge in [-0.1, -0.05) is 31.1 Å². The Balaban J connectivity index is 1.58. The number of nitrogens with one attached hydrogen (secondary N) is 1. The Labute approximate surface area is 158 Å². The van der Waals surface area contributed by atoms with Gasteiger partial charge in [0.05, 0.1) is 5.56 Å². The normalized spacial score (nSPS) is 11.1. The Kier molecular flexibility index (Phi) is 6.49. The fourth-order valence-electron chi connectivity index (χ4n) is 2.77. The molecule has 2 aromatic heterocycles. The molecule has 3 aromatic rings. The van der Waals surface area contributed by atoms with Gasteiger partial charge in [0.1, 0.15) is 11.6 Å². The molecule has 1 aromatic carbocycles. The molecule has 0 amide bonds. The van der Waals surface area contributed by atoms with Crippen molar-refractivity contribution in [2.45, 2.75) is 20.3 Å². The van der Waals surface area contributed by atoms with Gasteiger partial charge in [-0.2, -0.15) is 4.98 Å². The first kappa shape index (κ1) is 19.0. The standard InChI is InChI=1S/C20H24FN5O/c1-3-26(4-2)12-6-11-22-18-10-9-16(14-23-18)20-24-19(25-27-20)15-7-5-8-17(21)13-15/h5,7-10,13-14H,3-4,6,11-12H2,1-2H3,(H,22,23). The summed E-state index contributed by atoms with van der Waals surface area (Å²) < 4.78 is 18.6. The summed E-state index contributed by atoms with van der Waals surface area (Å²) in [5.74, 6) is 1.18. The van der Waals surface area contributed by atoms with E-state index in [1.807, 2.05) is 12.1 Å². The van der Waals surface area contributed by atoms with Gasteiger partial charge in [0.2, 0.25) is 5.82 Å². The zero-order valence-corrected chi connectivity index (χ0v) is 15.7. The molecule has 142 valence electrons. The summed E-state index contributed by atoms with van der Waals surface area (Å²) in [6.07, 6.45) is 2.75. The highest BCUT2D eigenvalue weighted by Gasteiger charge is 2.11. The van der Waals surface area contributed by atoms with E-state index in [1.54, 1.807) is 18.3 Å². The maximum absolute atomic E-state index is 13.3. The van der Waals surface area contributed by atoms with Gasteiger partial charge >= 0.3 is 0 Å². The quantitative estimate of drug-likeness (QED) is 0.573. The number of hydrogen-bond acceptors (Lipinski definition) is 6. The molecule has 0 unspecified atom stereocenters. The van der Waals surface area contributed by atoms with E-state index in [2.05, 4.69) is 39.2 Å². The Morgan fingerprint density at radius 1 is 1.11 bits per heavy atom. The molecule has 0 spiro atoms. The van der Waals surface area contributed by atoms with Gasteiger partial charge in [-0.15, -0.1) is 0 Å². The summed E-state index contributed by atoms with van der Waals surface area (Å²) in [5.41, 5.74) is 1.29. The van der Waals surface area contributed by atoms with E-state index in [4.69, 9.17) is 4.52 Å². The molecule has 0 aliphatic carbocycles. The molecule has 3 rings (SSSR count). The third-order valence-electron chi connectivity index (χ3n) is 4.37. The molecule has 0 aliphatic rings. The average molecular weight is 369 g/mol. The van der Waals surface area contributed by atoms with Gasteiger partial charge < -0.3 is 14.7 Å². The number of pyridine rings is 1. The zero-order valence-electron chi connectivity index (χ0n) is 15.7. The van der Waals surface area contributed by atoms with E-state index in [-0.39, 0.29) is 5.82 Å². The van der Waals surface area contributed by atoms with Gasteiger partial charge in [-0.25, -0.2) is 9.37 Å². The average Bonchev–Trinajstić information content (AvgIpc) is 3.19. The molecule has 0 saturated carbocycles. The van der Waals surface area contributed by atoms with Crippen LogP contribution in [0.4, 0.5) is 10.2 Å². The molecule has 27 heavy (non-hydrogen) atoms. The van der Waals surface area contributed by atoms with E-state index in [0.29, 0.717) is 17.3 Å². The molecular formula is C20H24FN5O. The van der Waals surface area contributed by atoms with Crippen LogP contribution in [-0.4, -0.2) is 46.2 Å². The largest absolute Gasteiger partial charge is 0.370 e. The molecule has 0 atom stereocenters. The molecule has 0 saturated heterocycles. The molecule has 0 fully saturated rings. The first-order chi connectivity index (χ1) is 13.2. The van der Waals surface area contributed by atoms with Crippen molar-refractivity contribution in [3.63, 3.8) is 0 Å². The molecule has 7 heteroatoms. The Bertz CT molecular complexity index is 846. The number of hydrogen-bond donors (Lipinski definition) is 1. The smallest absolute Gasteiger partial charge is 0.259 e. The maximum atomic E-state index is 13.3. The predicted octanol–water partition coefficient (Wildman–Crippen LogP) is 4.08. The Morgan fingerprint density at radius 2 is 1.96 bits per heavy atom. The Hall–Kier alpha value is -2.80. The van der Waals surface area contributed by atoms with Gasteiger partial charge in [0.25, 0.3) is 5.89 Å². The van der Waals surface area contributed by atoms with Gasteiger partial charge in [-0.3, -0.25) is 0 Å². The summed E-state index contributed by atoms with van der Waals surface area (Å²) in [5, 5.41) is 7.24. The zero-order chi connectivity index (χ0) is 19.1. The second kappa shape index (κ2) is 9.23. The van der Waals surface area contributed by atoms with Crippen molar-refractivity contribution in [1.82, 2.24) is 20.0 Å². The van der Waals surface area contributed by atoms with Crippen molar-refractivity contribution >= 4 is 5.82 Å². The van der Waals surface area contributed by atoms with Crippen LogP contribution in [0.25, 0.3) is 22.8 Å². The van der Waals surface area contributed by atoms with E-state index in [9.17, 15) is 4.39 Å². The summed E-state index contributed by atoms with van der Waals surface area (Å²) in [6, 6.07) is 9.87. The molecule has 0 aliphatic heterocycles. The van der Waals surface area contributed by atoms with Crippen molar-refractivity contribution in [2.75, 3.05) is 31.5 Å². The highest BCUT2D eigenvalue weighted by Crippen LogP contribution is 2.22. The van der Waals surface area contributed by atoms with Gasteiger partial charge in [-0.05, 0) is 50.3 Å². The van der Waals surface area contributed by atoms with E-state index >= 15 is 0 Å². The summed E-state index contributed by atoms with van der Waals surface area (Å²) in [6.45, 7) is 8.44. The van der Waals surface area contributed by atoms with Crippen molar-refractivity contribution < 1.29 is 8.91 Å². The van der Waals surface area contributed by atoms with E-state index in [1.165, 1.54) is 12.1 Å². The van der Waals surface area contributed by atoms with Crippen LogP contribution in [0.3, 0.4) is 0 Å². The van der Waals surface area contributed by atoms with Crippen LogP contribution < -0.4 is 5.32 Å². The molecule has 1 N–H and O–H groups in total. The minimum atomic E-state index is -0.336. The molecule has 6 nitrogen and oxygen atoms in total. The number of halogens is 1. The van der Waals surface area contributed by atoms with Crippen LogP contribution >= 0.6 is 0 Å². The molecular weight excluding hydrogens is 345 g/mol. The summed E-state index contributed by atoms with van der Waals surface area (Å²) in [4.78, 5) is 11.1. The highest BCUT2D eigenvalue weighted by atomic mass is 19.1. The van der Waals surface area contributed by atoms with Crippen LogP contribution in [0.5, 0.6) is 0 Å².